The molecule has 0 aliphatic heterocycles. The first-order valence-electron chi connectivity index (χ1n) is 0. The molecule has 0 aromatic rings. The van der Waals surface area contributed by atoms with Gasteiger partial charge in [0.25, 0.3) is 0 Å². The van der Waals surface area contributed by atoms with Crippen molar-refractivity contribution in [3.63, 3.8) is 0 Å². The van der Waals surface area contributed by atoms with Gasteiger partial charge in [-0.1, -0.05) is 0 Å². The largest absolute Gasteiger partial charge is 2.00 e. The van der Waals surface area contributed by atoms with Crippen LogP contribution in [-0.2, 0) is 0 Å². The molecule has 0 N–H and O–H groups in total. The molecule has 0 saturated carbocycles. The Morgan fingerprint density at radius 2 is 0.500 bits per heavy atom. The predicted molar refractivity (Wildman–Crippen MR) is 5.75 cm³/mol. The molecule has 0 aliphatic carbocycles. The van der Waals surface area contributed by atoms with Crippen LogP contribution in [0.2, 0.25) is 0 Å². The second-order valence-electron chi connectivity index (χ2n) is 0. The molecule has 24 valence electrons. The van der Waals surface area contributed by atoms with Gasteiger partial charge in [-0.2, -0.15) is 0 Å². The minimum Gasteiger partial charge on any atom is -1.00 e. The zero-order chi connectivity index (χ0) is 0. The van der Waals surface area contributed by atoms with Crippen molar-refractivity contribution in [3.05, 3.63) is 0 Å². The molecule has 0 aromatic heterocycles. The fourth-order valence-corrected chi connectivity index (χ4v) is 0. The maximum absolute atomic E-state index is 0. The molecule has 0 rings (SSSR count). The van der Waals surface area contributed by atoms with Crippen molar-refractivity contribution in [1.82, 2.24) is 0 Å². The summed E-state index contributed by atoms with van der Waals surface area (Å²) in [5.41, 5.74) is 0. The zero-order valence-corrected chi connectivity index (χ0v) is 6.28. The first kappa shape index (κ1) is 55.0. The van der Waals surface area contributed by atoms with E-state index in [1.807, 2.05) is 0 Å². The third kappa shape index (κ3) is 10.1. The molecule has 0 spiro atoms. The van der Waals surface area contributed by atoms with Crippen molar-refractivity contribution in [1.29, 1.82) is 0 Å². The summed E-state index contributed by atoms with van der Waals surface area (Å²) in [4.78, 5) is 0. The Kier molecular flexibility index (Phi) is 366. The smallest absolute Gasteiger partial charge is 1.00 e. The van der Waals surface area contributed by atoms with Crippen LogP contribution >= 0.6 is 0 Å². The zero-order valence-electron chi connectivity index (χ0n) is 1.84. The second-order valence-corrected chi connectivity index (χ2v) is 0. The third-order valence-electron chi connectivity index (χ3n) is 0. The Balaban J connectivity index is 0. The van der Waals surface area contributed by atoms with Gasteiger partial charge in [0, 0.05) is 0 Å². The maximum Gasteiger partial charge on any atom is 2.00 e. The van der Waals surface area contributed by atoms with Crippen LogP contribution in [0.1, 0.15) is 0 Å². The summed E-state index contributed by atoms with van der Waals surface area (Å²) in [6.07, 6.45) is 0. The van der Waals surface area contributed by atoms with E-state index in [1.54, 1.807) is 0 Å². The molecular weight excluding hydrogens is 194 g/mol. The molecule has 0 bridgehead atoms. The molecular formula is BaF3-. The van der Waals surface area contributed by atoms with E-state index in [2.05, 4.69) is 0 Å². The van der Waals surface area contributed by atoms with Crippen LogP contribution in [0.5, 0.6) is 0 Å². The van der Waals surface area contributed by atoms with Crippen molar-refractivity contribution in [2.45, 2.75) is 0 Å². The topological polar surface area (TPSA) is 0 Å². The molecule has 0 saturated heterocycles. The van der Waals surface area contributed by atoms with Crippen LogP contribution in [0.25, 0.3) is 0 Å². The van der Waals surface area contributed by atoms with Gasteiger partial charge in [0.1, 0.15) is 0 Å². The Hall–Kier alpha value is 1.36. The molecule has 0 amide bonds. The van der Waals surface area contributed by atoms with Gasteiger partial charge < -0.3 is 14.1 Å². The standard InChI is InChI=1S/Ba.3FH/h;3*1H/q+2;;;/p-3. The fourth-order valence-electron chi connectivity index (χ4n) is 0. The van der Waals surface area contributed by atoms with Crippen molar-refractivity contribution >= 4 is 48.9 Å². The average Bonchev–Trinajstić information content (AvgIpc) is 0. The van der Waals surface area contributed by atoms with Crippen LogP contribution < -0.4 is 14.1 Å². The van der Waals surface area contributed by atoms with E-state index >= 15 is 0 Å². The number of hydrogen-bond acceptors (Lipinski definition) is 0. The minimum absolute atomic E-state index is 0. The summed E-state index contributed by atoms with van der Waals surface area (Å²) in [6.45, 7) is 0. The van der Waals surface area contributed by atoms with E-state index in [9.17, 15) is 0 Å². The van der Waals surface area contributed by atoms with E-state index in [1.165, 1.54) is 0 Å². The van der Waals surface area contributed by atoms with Crippen molar-refractivity contribution in [2.24, 2.45) is 0 Å². The maximum atomic E-state index is 0. The van der Waals surface area contributed by atoms with Gasteiger partial charge in [-0.3, -0.25) is 0 Å². The van der Waals surface area contributed by atoms with Crippen LogP contribution in [-0.4, -0.2) is 48.9 Å². The summed E-state index contributed by atoms with van der Waals surface area (Å²) >= 11 is 0. The van der Waals surface area contributed by atoms with Gasteiger partial charge in [-0.15, -0.1) is 0 Å². The van der Waals surface area contributed by atoms with E-state index in [0.717, 1.165) is 0 Å². The first-order chi connectivity index (χ1) is 0. The second kappa shape index (κ2) is 26.6. The molecule has 0 fully saturated rings. The average molecular weight is 194 g/mol. The minimum atomic E-state index is 0. The molecule has 0 unspecified atom stereocenters. The summed E-state index contributed by atoms with van der Waals surface area (Å²) in [6, 6.07) is 0. The molecule has 0 heterocycles. The van der Waals surface area contributed by atoms with Crippen LogP contribution in [0.4, 0.5) is 0 Å². The third-order valence-corrected chi connectivity index (χ3v) is 0. The van der Waals surface area contributed by atoms with Crippen LogP contribution in [0.15, 0.2) is 0 Å². The van der Waals surface area contributed by atoms with E-state index in [4.69, 9.17) is 0 Å². The number of rotatable bonds is 0. The SMILES string of the molecule is [Ba+2].[F-].[F-].[F-]. The normalized spacial score (nSPS) is 0. The monoisotopic (exact) mass is 195 g/mol. The molecule has 0 aliphatic rings. The van der Waals surface area contributed by atoms with E-state index in [0.29, 0.717) is 0 Å². The van der Waals surface area contributed by atoms with E-state index in [-0.39, 0.29) is 63.0 Å². The summed E-state index contributed by atoms with van der Waals surface area (Å²) in [5, 5.41) is 0. The van der Waals surface area contributed by atoms with E-state index < -0.39 is 0 Å². The van der Waals surface area contributed by atoms with Gasteiger partial charge in [-0.25, -0.2) is 0 Å². The molecule has 0 radical (unpaired) electrons. The molecule has 0 aromatic carbocycles. The van der Waals surface area contributed by atoms with Crippen molar-refractivity contribution < 1.29 is 14.1 Å². The predicted octanol–water partition coefficient (Wildman–Crippen LogP) is -9.37. The summed E-state index contributed by atoms with van der Waals surface area (Å²) in [5.74, 6) is 0. The summed E-state index contributed by atoms with van der Waals surface area (Å²) in [7, 11) is 0. The molecule has 0 nitrogen and oxygen atoms in total. The molecule has 0 atom stereocenters. The van der Waals surface area contributed by atoms with Gasteiger partial charge in [0.05, 0.1) is 0 Å². The number of hydrogen-bond donors (Lipinski definition) is 0. The molecule has 4 heavy (non-hydrogen) atoms. The Labute approximate surface area is 62.1 Å². The van der Waals surface area contributed by atoms with Gasteiger partial charge in [0.2, 0.25) is 0 Å². The van der Waals surface area contributed by atoms with Gasteiger partial charge >= 0.3 is 48.9 Å². The number of halogens is 3. The Morgan fingerprint density at radius 3 is 0.500 bits per heavy atom. The fraction of sp³-hybridized carbons (Fsp3) is 0. The Bertz CT molecular complexity index is 3.25. The first-order valence-corrected chi connectivity index (χ1v) is 0. The van der Waals surface area contributed by atoms with Gasteiger partial charge in [-0.05, 0) is 0 Å². The Morgan fingerprint density at radius 1 is 0.500 bits per heavy atom. The van der Waals surface area contributed by atoms with Gasteiger partial charge in [0.15, 0.2) is 0 Å². The van der Waals surface area contributed by atoms with Crippen LogP contribution in [0.3, 0.4) is 0 Å². The van der Waals surface area contributed by atoms with Crippen molar-refractivity contribution in [2.75, 3.05) is 0 Å². The quantitative estimate of drug-likeness (QED) is 0.336. The van der Waals surface area contributed by atoms with Crippen LogP contribution in [0, 0.1) is 0 Å². The summed E-state index contributed by atoms with van der Waals surface area (Å²) < 4.78 is 0. The van der Waals surface area contributed by atoms with Crippen molar-refractivity contribution in [3.8, 4) is 0 Å². The molecule has 4 heteroatoms.